The van der Waals surface area contributed by atoms with Gasteiger partial charge in [0.25, 0.3) is 0 Å². The number of benzene rings is 1. The molecule has 0 spiro atoms. The summed E-state index contributed by atoms with van der Waals surface area (Å²) < 4.78 is 42.1. The molecule has 0 aliphatic carbocycles. The Balaban J connectivity index is 2.50. The van der Waals surface area contributed by atoms with Gasteiger partial charge in [-0.05, 0) is 26.0 Å². The third kappa shape index (κ3) is 8.54. The average molecular weight is 352 g/mol. The smallest absolute Gasteiger partial charge is 0.390 e. The molecule has 0 fully saturated rings. The topological polar surface area (TPSA) is 45.7 Å². The summed E-state index contributed by atoms with van der Waals surface area (Å²) in [5, 5.41) is 6.03. The lowest BCUT2D eigenvalue weighted by Crippen LogP contribution is -2.39. The Morgan fingerprint density at radius 3 is 2.61 bits per heavy atom. The molecular formula is C15H21ClF3N3O. The molecule has 4 nitrogen and oxygen atoms in total. The minimum absolute atomic E-state index is 0.227. The number of ether oxygens (including phenoxy) is 1. The molecule has 0 aliphatic rings. The van der Waals surface area contributed by atoms with Gasteiger partial charge in [0.15, 0.2) is 5.96 Å². The van der Waals surface area contributed by atoms with Gasteiger partial charge in [-0.25, -0.2) is 4.99 Å². The summed E-state index contributed by atoms with van der Waals surface area (Å²) >= 11 is 6.00. The lowest BCUT2D eigenvalue weighted by molar-refractivity contribution is -0.132. The van der Waals surface area contributed by atoms with Crippen molar-refractivity contribution in [3.63, 3.8) is 0 Å². The van der Waals surface area contributed by atoms with Crippen LogP contribution >= 0.6 is 11.6 Å². The molecule has 0 radical (unpaired) electrons. The molecule has 23 heavy (non-hydrogen) atoms. The molecule has 0 amide bonds. The zero-order valence-electron chi connectivity index (χ0n) is 13.1. The van der Waals surface area contributed by atoms with Crippen LogP contribution in [0.25, 0.3) is 0 Å². The first-order valence-corrected chi connectivity index (χ1v) is 7.69. The van der Waals surface area contributed by atoms with E-state index >= 15 is 0 Å². The second kappa shape index (κ2) is 9.50. The van der Waals surface area contributed by atoms with Crippen molar-refractivity contribution in [1.29, 1.82) is 0 Å². The number of aliphatic imine (C=N–C) groups is 1. The quantitative estimate of drug-likeness (QED) is 0.582. The number of hydrogen-bond acceptors (Lipinski definition) is 2. The van der Waals surface area contributed by atoms with Gasteiger partial charge in [-0.1, -0.05) is 23.7 Å². The lowest BCUT2D eigenvalue weighted by atomic mass is 10.3. The monoisotopic (exact) mass is 351 g/mol. The van der Waals surface area contributed by atoms with Crippen LogP contribution in [0.15, 0.2) is 29.3 Å². The van der Waals surface area contributed by atoms with Gasteiger partial charge in [0.1, 0.15) is 11.9 Å². The molecule has 1 atom stereocenters. The molecule has 1 aromatic carbocycles. The van der Waals surface area contributed by atoms with Gasteiger partial charge in [0, 0.05) is 13.1 Å². The Bertz CT molecular complexity index is 509. The molecular weight excluding hydrogens is 331 g/mol. The van der Waals surface area contributed by atoms with Crippen LogP contribution in [0, 0.1) is 0 Å². The predicted octanol–water partition coefficient (Wildman–Crippen LogP) is 3.61. The molecule has 0 aliphatic heterocycles. The van der Waals surface area contributed by atoms with E-state index in [1.807, 2.05) is 13.8 Å². The van der Waals surface area contributed by atoms with E-state index in [0.29, 0.717) is 23.3 Å². The molecule has 130 valence electrons. The number of para-hydroxylation sites is 1. The van der Waals surface area contributed by atoms with Crippen molar-refractivity contribution in [1.82, 2.24) is 10.6 Å². The highest BCUT2D eigenvalue weighted by molar-refractivity contribution is 6.32. The Hall–Kier alpha value is -1.63. The number of rotatable bonds is 7. The molecule has 8 heteroatoms. The maximum atomic E-state index is 12.2. The van der Waals surface area contributed by atoms with E-state index in [1.54, 1.807) is 24.3 Å². The predicted molar refractivity (Wildman–Crippen MR) is 86.2 cm³/mol. The van der Waals surface area contributed by atoms with Crippen molar-refractivity contribution in [2.45, 2.75) is 32.5 Å². The number of nitrogens with one attached hydrogen (secondary N) is 2. The van der Waals surface area contributed by atoms with Crippen LogP contribution in [0.2, 0.25) is 5.02 Å². The minimum atomic E-state index is -4.19. The second-order valence-electron chi connectivity index (χ2n) is 4.87. The van der Waals surface area contributed by atoms with Crippen LogP contribution in [0.3, 0.4) is 0 Å². The molecule has 0 saturated heterocycles. The summed E-state index contributed by atoms with van der Waals surface area (Å²) in [6.45, 7) is 4.26. The van der Waals surface area contributed by atoms with Gasteiger partial charge in [-0.2, -0.15) is 13.2 Å². The first kappa shape index (κ1) is 19.4. The van der Waals surface area contributed by atoms with Crippen LogP contribution in [-0.4, -0.2) is 37.9 Å². The zero-order valence-corrected chi connectivity index (χ0v) is 13.8. The first-order valence-electron chi connectivity index (χ1n) is 7.32. The van der Waals surface area contributed by atoms with Crippen molar-refractivity contribution >= 4 is 17.6 Å². The molecule has 0 heterocycles. The van der Waals surface area contributed by atoms with E-state index < -0.39 is 12.6 Å². The van der Waals surface area contributed by atoms with Gasteiger partial charge in [-0.3, -0.25) is 0 Å². The van der Waals surface area contributed by atoms with E-state index in [0.717, 1.165) is 0 Å². The SMILES string of the molecule is CCNC(=NCC(C)Oc1ccccc1Cl)NCCC(F)(F)F. The molecule has 1 unspecified atom stereocenters. The molecule has 1 aromatic rings. The van der Waals surface area contributed by atoms with Crippen molar-refractivity contribution in [2.75, 3.05) is 19.6 Å². The van der Waals surface area contributed by atoms with E-state index in [9.17, 15) is 13.2 Å². The number of alkyl halides is 3. The summed E-state index contributed by atoms with van der Waals surface area (Å²) in [4.78, 5) is 4.22. The van der Waals surface area contributed by atoms with Crippen LogP contribution in [0.1, 0.15) is 20.3 Å². The van der Waals surface area contributed by atoms with Crippen LogP contribution in [-0.2, 0) is 0 Å². The third-order valence-corrected chi connectivity index (χ3v) is 3.03. The zero-order chi connectivity index (χ0) is 17.3. The minimum Gasteiger partial charge on any atom is -0.487 e. The molecule has 2 N–H and O–H groups in total. The second-order valence-corrected chi connectivity index (χ2v) is 5.28. The van der Waals surface area contributed by atoms with Crippen LogP contribution in [0.5, 0.6) is 5.75 Å². The fraction of sp³-hybridized carbons (Fsp3) is 0.533. The Labute approximate surface area is 139 Å². The van der Waals surface area contributed by atoms with E-state index in [1.165, 1.54) is 0 Å². The van der Waals surface area contributed by atoms with Crippen molar-refractivity contribution in [2.24, 2.45) is 4.99 Å². The summed E-state index contributed by atoms with van der Waals surface area (Å²) in [7, 11) is 0. The number of halogens is 4. The summed E-state index contributed by atoms with van der Waals surface area (Å²) in [6.07, 6.45) is -5.37. The molecule has 1 rings (SSSR count). The summed E-state index contributed by atoms with van der Waals surface area (Å²) in [5.74, 6) is 0.873. The largest absolute Gasteiger partial charge is 0.487 e. The fourth-order valence-electron chi connectivity index (χ4n) is 1.68. The number of hydrogen-bond donors (Lipinski definition) is 2. The maximum absolute atomic E-state index is 12.2. The maximum Gasteiger partial charge on any atom is 0.390 e. The van der Waals surface area contributed by atoms with Crippen molar-refractivity contribution in [3.05, 3.63) is 29.3 Å². The van der Waals surface area contributed by atoms with Gasteiger partial charge in [0.05, 0.1) is 18.0 Å². The highest BCUT2D eigenvalue weighted by Crippen LogP contribution is 2.24. The number of guanidine groups is 1. The molecule has 0 aromatic heterocycles. The Kier molecular flexibility index (Phi) is 8.02. The Morgan fingerprint density at radius 2 is 2.00 bits per heavy atom. The normalized spacial score (nSPS) is 13.6. The highest BCUT2D eigenvalue weighted by atomic mass is 35.5. The van der Waals surface area contributed by atoms with Crippen molar-refractivity contribution in [3.8, 4) is 5.75 Å². The summed E-state index contributed by atoms with van der Waals surface area (Å²) in [6, 6.07) is 7.07. The lowest BCUT2D eigenvalue weighted by Gasteiger charge is -2.16. The van der Waals surface area contributed by atoms with Gasteiger partial charge < -0.3 is 15.4 Å². The standard InChI is InChI=1S/C15H21ClF3N3O/c1-3-20-14(21-9-8-15(17,18)19)22-10-11(2)23-13-7-5-4-6-12(13)16/h4-7,11H,3,8-10H2,1-2H3,(H2,20,21,22). The van der Waals surface area contributed by atoms with Gasteiger partial charge in [0.2, 0.25) is 0 Å². The molecule has 0 bridgehead atoms. The average Bonchev–Trinajstić information content (AvgIpc) is 2.46. The van der Waals surface area contributed by atoms with Gasteiger partial charge >= 0.3 is 6.18 Å². The van der Waals surface area contributed by atoms with Crippen LogP contribution < -0.4 is 15.4 Å². The van der Waals surface area contributed by atoms with Crippen LogP contribution in [0.4, 0.5) is 13.2 Å². The van der Waals surface area contributed by atoms with Gasteiger partial charge in [-0.15, -0.1) is 0 Å². The first-order chi connectivity index (χ1) is 10.8. The fourth-order valence-corrected chi connectivity index (χ4v) is 1.86. The third-order valence-electron chi connectivity index (χ3n) is 2.72. The van der Waals surface area contributed by atoms with E-state index in [-0.39, 0.29) is 19.2 Å². The highest BCUT2D eigenvalue weighted by Gasteiger charge is 2.26. The molecule has 0 saturated carbocycles. The summed E-state index contributed by atoms with van der Waals surface area (Å²) in [5.41, 5.74) is 0. The Morgan fingerprint density at radius 1 is 1.30 bits per heavy atom. The van der Waals surface area contributed by atoms with E-state index in [2.05, 4.69) is 15.6 Å². The number of nitrogens with zero attached hydrogens (tertiary/aromatic N) is 1. The van der Waals surface area contributed by atoms with E-state index in [4.69, 9.17) is 16.3 Å². The van der Waals surface area contributed by atoms with Crippen molar-refractivity contribution < 1.29 is 17.9 Å².